The van der Waals surface area contributed by atoms with Gasteiger partial charge in [0.25, 0.3) is 5.91 Å². The Bertz CT molecular complexity index is 412. The van der Waals surface area contributed by atoms with Crippen molar-refractivity contribution in [1.29, 1.82) is 0 Å². The van der Waals surface area contributed by atoms with Crippen molar-refractivity contribution in [3.8, 4) is 0 Å². The van der Waals surface area contributed by atoms with Crippen LogP contribution in [0.1, 0.15) is 5.56 Å². The molecule has 0 saturated carbocycles. The van der Waals surface area contributed by atoms with E-state index in [4.69, 9.17) is 5.73 Å². The van der Waals surface area contributed by atoms with Gasteiger partial charge in [-0.25, -0.2) is 8.78 Å². The van der Waals surface area contributed by atoms with Gasteiger partial charge in [0.15, 0.2) is 0 Å². The number of aliphatic hydroxyl groups is 1. The molecule has 3 N–H and O–H groups in total. The van der Waals surface area contributed by atoms with Gasteiger partial charge < -0.3 is 15.7 Å². The summed E-state index contributed by atoms with van der Waals surface area (Å²) in [4.78, 5) is 12.6. The number of amides is 1. The molecule has 0 aromatic heterocycles. The van der Waals surface area contributed by atoms with Crippen LogP contribution < -0.4 is 5.73 Å². The normalized spacial score (nSPS) is 12.3. The summed E-state index contributed by atoms with van der Waals surface area (Å²) in [6.07, 6.45) is -1.30. The maximum absolute atomic E-state index is 13.3. The van der Waals surface area contributed by atoms with Crippen LogP contribution in [0.15, 0.2) is 18.2 Å². The van der Waals surface area contributed by atoms with E-state index in [9.17, 15) is 18.7 Å². The highest BCUT2D eigenvalue weighted by atomic mass is 19.1. The quantitative estimate of drug-likeness (QED) is 0.797. The van der Waals surface area contributed by atoms with Gasteiger partial charge in [0, 0.05) is 31.8 Å². The van der Waals surface area contributed by atoms with Crippen molar-refractivity contribution >= 4 is 5.91 Å². The average molecular weight is 244 g/mol. The van der Waals surface area contributed by atoms with Crippen molar-refractivity contribution in [3.05, 3.63) is 35.4 Å². The van der Waals surface area contributed by atoms with Crippen LogP contribution in [-0.4, -0.2) is 35.6 Å². The van der Waals surface area contributed by atoms with Gasteiger partial charge >= 0.3 is 0 Å². The summed E-state index contributed by atoms with van der Waals surface area (Å²) in [5.41, 5.74) is 5.31. The number of nitrogens with two attached hydrogens (primary N) is 1. The van der Waals surface area contributed by atoms with E-state index < -0.39 is 23.6 Å². The summed E-state index contributed by atoms with van der Waals surface area (Å²) >= 11 is 0. The number of halogens is 2. The van der Waals surface area contributed by atoms with Crippen LogP contribution in [0.3, 0.4) is 0 Å². The molecule has 4 nitrogen and oxygen atoms in total. The zero-order valence-electron chi connectivity index (χ0n) is 9.36. The fourth-order valence-corrected chi connectivity index (χ4v) is 1.34. The summed E-state index contributed by atoms with van der Waals surface area (Å²) in [7, 11) is 1.41. The van der Waals surface area contributed by atoms with Crippen LogP contribution in [-0.2, 0) is 11.3 Å². The van der Waals surface area contributed by atoms with Gasteiger partial charge in [-0.05, 0) is 6.07 Å². The lowest BCUT2D eigenvalue weighted by Crippen LogP contribution is -2.40. The lowest BCUT2D eigenvalue weighted by Gasteiger charge is -2.20. The molecular formula is C11H14F2N2O2. The number of carbonyl (C=O) groups is 1. The molecule has 0 aliphatic heterocycles. The fraction of sp³-hybridized carbons (Fsp3) is 0.364. The summed E-state index contributed by atoms with van der Waals surface area (Å²) in [6, 6.07) is 3.10. The molecule has 0 fully saturated rings. The molecule has 0 saturated heterocycles. The molecule has 0 heterocycles. The Kier molecular flexibility index (Phi) is 4.53. The standard InChI is InChI=1S/C11H14F2N2O2/c1-15(11(17)10(16)5-14)6-7-2-3-8(12)4-9(7)13/h2-4,10,16H,5-6,14H2,1H3. The third-order valence-electron chi connectivity index (χ3n) is 2.31. The Hall–Kier alpha value is -1.53. The van der Waals surface area contributed by atoms with E-state index >= 15 is 0 Å². The molecule has 0 radical (unpaired) electrons. The first-order valence-electron chi connectivity index (χ1n) is 5.02. The van der Waals surface area contributed by atoms with Gasteiger partial charge in [0.1, 0.15) is 17.7 Å². The zero-order chi connectivity index (χ0) is 13.0. The van der Waals surface area contributed by atoms with Crippen LogP contribution in [0, 0.1) is 11.6 Å². The number of carbonyl (C=O) groups excluding carboxylic acids is 1. The Morgan fingerprint density at radius 2 is 2.18 bits per heavy atom. The minimum absolute atomic E-state index is 0.0536. The minimum Gasteiger partial charge on any atom is -0.382 e. The molecule has 1 atom stereocenters. The van der Waals surface area contributed by atoms with Crippen molar-refractivity contribution in [2.24, 2.45) is 5.73 Å². The number of benzene rings is 1. The van der Waals surface area contributed by atoms with Gasteiger partial charge in [-0.3, -0.25) is 4.79 Å². The molecule has 6 heteroatoms. The molecule has 1 aromatic rings. The highest BCUT2D eigenvalue weighted by Gasteiger charge is 2.18. The van der Waals surface area contributed by atoms with Gasteiger partial charge in [0.05, 0.1) is 0 Å². The monoisotopic (exact) mass is 244 g/mol. The molecule has 1 unspecified atom stereocenters. The lowest BCUT2D eigenvalue weighted by molar-refractivity contribution is -0.138. The Morgan fingerprint density at radius 1 is 1.53 bits per heavy atom. The molecule has 0 aliphatic carbocycles. The number of likely N-dealkylation sites (N-methyl/N-ethyl adjacent to an activating group) is 1. The van der Waals surface area contributed by atoms with E-state index in [1.807, 2.05) is 0 Å². The summed E-state index contributed by atoms with van der Waals surface area (Å²) in [6.45, 7) is -0.253. The molecule has 1 aromatic carbocycles. The van der Waals surface area contributed by atoms with Crippen molar-refractivity contribution in [2.45, 2.75) is 12.6 Å². The number of hydrogen-bond donors (Lipinski definition) is 2. The minimum atomic E-state index is -1.30. The Labute approximate surface area is 97.6 Å². The first kappa shape index (κ1) is 13.5. The predicted octanol–water partition coefficient (Wildman–Crippen LogP) is 0.243. The maximum Gasteiger partial charge on any atom is 0.252 e. The number of rotatable bonds is 4. The average Bonchev–Trinajstić information content (AvgIpc) is 2.30. The molecule has 0 aliphatic rings. The fourth-order valence-electron chi connectivity index (χ4n) is 1.34. The second kappa shape index (κ2) is 5.70. The third-order valence-corrected chi connectivity index (χ3v) is 2.31. The van der Waals surface area contributed by atoms with Crippen molar-refractivity contribution in [2.75, 3.05) is 13.6 Å². The van der Waals surface area contributed by atoms with Gasteiger partial charge in [0.2, 0.25) is 0 Å². The van der Waals surface area contributed by atoms with E-state index in [2.05, 4.69) is 0 Å². The first-order valence-corrected chi connectivity index (χ1v) is 5.02. The van der Waals surface area contributed by atoms with Crippen LogP contribution in [0.4, 0.5) is 8.78 Å². The second-order valence-corrected chi connectivity index (χ2v) is 3.68. The second-order valence-electron chi connectivity index (χ2n) is 3.68. The topological polar surface area (TPSA) is 66.6 Å². The molecule has 0 spiro atoms. The maximum atomic E-state index is 13.3. The Balaban J connectivity index is 2.74. The first-order chi connectivity index (χ1) is 7.95. The molecule has 1 rings (SSSR count). The Morgan fingerprint density at radius 3 is 2.71 bits per heavy atom. The smallest absolute Gasteiger partial charge is 0.252 e. The molecular weight excluding hydrogens is 230 g/mol. The highest BCUT2D eigenvalue weighted by molar-refractivity contribution is 5.80. The van der Waals surface area contributed by atoms with E-state index in [1.165, 1.54) is 13.1 Å². The van der Waals surface area contributed by atoms with Crippen LogP contribution >= 0.6 is 0 Å². The largest absolute Gasteiger partial charge is 0.382 e. The van der Waals surface area contributed by atoms with Crippen LogP contribution in [0.25, 0.3) is 0 Å². The van der Waals surface area contributed by atoms with Gasteiger partial charge in [-0.15, -0.1) is 0 Å². The molecule has 17 heavy (non-hydrogen) atoms. The van der Waals surface area contributed by atoms with E-state index in [-0.39, 0.29) is 18.7 Å². The van der Waals surface area contributed by atoms with Crippen LogP contribution in [0.2, 0.25) is 0 Å². The lowest BCUT2D eigenvalue weighted by atomic mass is 10.2. The van der Waals surface area contributed by atoms with Gasteiger partial charge in [-0.1, -0.05) is 6.07 Å². The highest BCUT2D eigenvalue weighted by Crippen LogP contribution is 2.11. The van der Waals surface area contributed by atoms with E-state index in [1.54, 1.807) is 0 Å². The molecule has 94 valence electrons. The molecule has 1 amide bonds. The third kappa shape index (κ3) is 3.47. The summed E-state index contributed by atoms with van der Waals surface area (Å²) in [5.74, 6) is -2.01. The summed E-state index contributed by atoms with van der Waals surface area (Å²) < 4.78 is 25.9. The van der Waals surface area contributed by atoms with Crippen molar-refractivity contribution in [1.82, 2.24) is 4.90 Å². The van der Waals surface area contributed by atoms with E-state index in [0.29, 0.717) is 0 Å². The van der Waals surface area contributed by atoms with Crippen molar-refractivity contribution < 1.29 is 18.7 Å². The number of aliphatic hydroxyl groups excluding tert-OH is 1. The number of nitrogens with zero attached hydrogens (tertiary/aromatic N) is 1. The zero-order valence-corrected chi connectivity index (χ0v) is 9.36. The molecule has 0 bridgehead atoms. The van der Waals surface area contributed by atoms with Gasteiger partial charge in [-0.2, -0.15) is 0 Å². The predicted molar refractivity (Wildman–Crippen MR) is 57.9 cm³/mol. The van der Waals surface area contributed by atoms with Crippen LogP contribution in [0.5, 0.6) is 0 Å². The SMILES string of the molecule is CN(Cc1ccc(F)cc1F)C(=O)C(O)CN. The number of hydrogen-bond acceptors (Lipinski definition) is 3. The van der Waals surface area contributed by atoms with Crippen molar-refractivity contribution in [3.63, 3.8) is 0 Å². The van der Waals surface area contributed by atoms with E-state index in [0.717, 1.165) is 17.0 Å². The summed E-state index contributed by atoms with van der Waals surface area (Å²) in [5, 5.41) is 9.22.